The monoisotopic (exact) mass is 466 g/mol. The quantitative estimate of drug-likeness (QED) is 0.478. The Hall–Kier alpha value is -3.65. The third-order valence-electron chi connectivity index (χ3n) is 5.38. The van der Waals surface area contributed by atoms with Gasteiger partial charge in [0.2, 0.25) is 0 Å². The summed E-state index contributed by atoms with van der Waals surface area (Å²) in [6.07, 6.45) is 0.208. The van der Waals surface area contributed by atoms with Crippen LogP contribution < -0.4 is 10.2 Å². The predicted octanol–water partition coefficient (Wildman–Crippen LogP) is 4.88. The summed E-state index contributed by atoms with van der Waals surface area (Å²) in [5, 5.41) is 12.7. The summed E-state index contributed by atoms with van der Waals surface area (Å²) in [5.41, 5.74) is 2.81. The lowest BCUT2D eigenvalue weighted by Crippen LogP contribution is -2.36. The summed E-state index contributed by atoms with van der Waals surface area (Å²) in [7, 11) is 0. The summed E-state index contributed by atoms with van der Waals surface area (Å²) in [4.78, 5) is 34.3. The first-order valence-corrected chi connectivity index (χ1v) is 10.8. The Balaban J connectivity index is 1.61. The van der Waals surface area contributed by atoms with Crippen molar-refractivity contribution in [3.63, 3.8) is 0 Å². The molecule has 8 nitrogen and oxygen atoms in total. The molecule has 2 aromatic heterocycles. The third-order valence-corrected chi connectivity index (χ3v) is 5.59. The van der Waals surface area contributed by atoms with Crippen molar-refractivity contribution >= 4 is 35.2 Å². The molecule has 1 saturated heterocycles. The van der Waals surface area contributed by atoms with Crippen molar-refractivity contribution in [3.05, 3.63) is 82.3 Å². The minimum Gasteiger partial charge on any atom is -0.476 e. The zero-order valence-electron chi connectivity index (χ0n) is 18.2. The van der Waals surface area contributed by atoms with E-state index in [0.29, 0.717) is 23.6 Å². The number of halogens is 1. The van der Waals surface area contributed by atoms with Crippen molar-refractivity contribution in [2.24, 2.45) is 0 Å². The zero-order chi connectivity index (χ0) is 23.5. The second-order valence-corrected chi connectivity index (χ2v) is 8.31. The average Bonchev–Trinajstić information content (AvgIpc) is 3.14. The molecule has 1 amide bonds. The van der Waals surface area contributed by atoms with Crippen LogP contribution in [0.25, 0.3) is 0 Å². The number of anilines is 2. The van der Waals surface area contributed by atoms with Crippen LogP contribution in [0.2, 0.25) is 5.15 Å². The van der Waals surface area contributed by atoms with Crippen LogP contribution in [0, 0.1) is 6.92 Å². The normalized spacial score (nSPS) is 16.4. The number of carboxylic acids is 1. The number of aromatic carboxylic acids is 1. The van der Waals surface area contributed by atoms with Gasteiger partial charge in [0.1, 0.15) is 17.6 Å². The number of amides is 1. The van der Waals surface area contributed by atoms with Crippen LogP contribution in [-0.4, -0.2) is 39.8 Å². The molecule has 1 aromatic carbocycles. The van der Waals surface area contributed by atoms with Gasteiger partial charge in [0.15, 0.2) is 5.69 Å². The number of carbonyl (C=O) groups is 2. The Labute approximate surface area is 196 Å². The van der Waals surface area contributed by atoms with Crippen molar-refractivity contribution < 1.29 is 19.4 Å². The van der Waals surface area contributed by atoms with Crippen LogP contribution in [-0.2, 0) is 11.2 Å². The fourth-order valence-electron chi connectivity index (χ4n) is 3.82. The molecular weight excluding hydrogens is 444 g/mol. The molecule has 1 aliphatic heterocycles. The molecule has 33 heavy (non-hydrogen) atoms. The number of rotatable bonds is 7. The molecule has 0 bridgehead atoms. The first-order valence-electron chi connectivity index (χ1n) is 10.5. The zero-order valence-corrected chi connectivity index (χ0v) is 18.9. The Morgan fingerprint density at radius 2 is 2.00 bits per heavy atom. The molecule has 3 heterocycles. The lowest BCUT2D eigenvalue weighted by atomic mass is 10.1. The van der Waals surface area contributed by atoms with E-state index >= 15 is 0 Å². The fraction of sp³-hybridized carbons (Fsp3) is 0.250. The van der Waals surface area contributed by atoms with Gasteiger partial charge in [-0.1, -0.05) is 41.9 Å². The van der Waals surface area contributed by atoms with Gasteiger partial charge >= 0.3 is 12.1 Å². The number of benzene rings is 1. The number of aromatic nitrogens is 2. The molecule has 2 N–H and O–H groups in total. The molecule has 0 spiro atoms. The van der Waals surface area contributed by atoms with Crippen LogP contribution in [0.3, 0.4) is 0 Å². The average molecular weight is 467 g/mol. The molecule has 1 fully saturated rings. The Bertz CT molecular complexity index is 1190. The van der Waals surface area contributed by atoms with Gasteiger partial charge in [-0.15, -0.1) is 0 Å². The number of nitrogens with zero attached hydrogens (tertiary/aromatic N) is 3. The number of aryl methyl sites for hydroxylation is 1. The number of hydrogen-bond acceptors (Lipinski definition) is 6. The smallest absolute Gasteiger partial charge is 0.415 e. The maximum absolute atomic E-state index is 12.6. The Kier molecular flexibility index (Phi) is 6.46. The Morgan fingerprint density at radius 3 is 2.73 bits per heavy atom. The van der Waals surface area contributed by atoms with Gasteiger partial charge in [0.25, 0.3) is 0 Å². The second kappa shape index (κ2) is 9.46. The summed E-state index contributed by atoms with van der Waals surface area (Å²) >= 11 is 5.85. The van der Waals surface area contributed by atoms with Crippen LogP contribution in [0.15, 0.2) is 54.6 Å². The molecule has 0 saturated carbocycles. The van der Waals surface area contributed by atoms with E-state index < -0.39 is 12.1 Å². The van der Waals surface area contributed by atoms with Gasteiger partial charge < -0.3 is 15.2 Å². The number of carboxylic acid groups (broad SMARTS) is 1. The topological polar surface area (TPSA) is 105 Å². The minimum absolute atomic E-state index is 0.0959. The summed E-state index contributed by atoms with van der Waals surface area (Å²) in [6, 6.07) is 16.2. The van der Waals surface area contributed by atoms with Crippen LogP contribution in [0.5, 0.6) is 0 Å². The molecular formula is C24H23ClN4O4. The van der Waals surface area contributed by atoms with Crippen molar-refractivity contribution in [3.8, 4) is 0 Å². The highest BCUT2D eigenvalue weighted by Crippen LogP contribution is 2.28. The van der Waals surface area contributed by atoms with E-state index in [1.165, 1.54) is 6.07 Å². The first kappa shape index (κ1) is 22.5. The number of pyridine rings is 2. The van der Waals surface area contributed by atoms with Gasteiger partial charge in [-0.2, -0.15) is 0 Å². The number of ether oxygens (including phenoxy) is 1. The molecule has 0 radical (unpaired) electrons. The van der Waals surface area contributed by atoms with E-state index in [9.17, 15) is 14.7 Å². The van der Waals surface area contributed by atoms with Crippen LogP contribution >= 0.6 is 11.6 Å². The highest BCUT2D eigenvalue weighted by Gasteiger charge is 2.35. The lowest BCUT2D eigenvalue weighted by Gasteiger charge is -2.23. The molecule has 0 aliphatic carbocycles. The standard InChI is InChI=1S/C24H23ClN4O4/c1-14-10-19(15(2)26-18-8-9-20(25)28-22(18)23(30)31)27-21(11-14)29-17(13-33-24(29)32)12-16-6-4-3-5-7-16/h3-11,15,17,26H,12-13H2,1-2H3,(H,30,31)/t15-,17+/m1/s1. The third kappa shape index (κ3) is 5.06. The minimum atomic E-state index is -1.19. The van der Waals surface area contributed by atoms with E-state index in [4.69, 9.17) is 21.3 Å². The van der Waals surface area contributed by atoms with Gasteiger partial charge in [0, 0.05) is 0 Å². The maximum Gasteiger partial charge on any atom is 0.415 e. The van der Waals surface area contributed by atoms with Crippen LogP contribution in [0.1, 0.15) is 40.3 Å². The van der Waals surface area contributed by atoms with Crippen molar-refractivity contribution in [1.29, 1.82) is 0 Å². The number of nitrogens with one attached hydrogen (secondary N) is 1. The molecule has 170 valence electrons. The van der Waals surface area contributed by atoms with E-state index in [0.717, 1.165) is 11.1 Å². The summed E-state index contributed by atoms with van der Waals surface area (Å²) in [5.74, 6) is -0.691. The van der Waals surface area contributed by atoms with Gasteiger partial charge in [-0.3, -0.25) is 4.90 Å². The first-order chi connectivity index (χ1) is 15.8. The fourth-order valence-corrected chi connectivity index (χ4v) is 3.97. The highest BCUT2D eigenvalue weighted by molar-refractivity contribution is 6.29. The van der Waals surface area contributed by atoms with E-state index in [2.05, 4.69) is 10.3 Å². The van der Waals surface area contributed by atoms with Gasteiger partial charge in [0.05, 0.1) is 23.5 Å². The largest absolute Gasteiger partial charge is 0.476 e. The van der Waals surface area contributed by atoms with Crippen molar-refractivity contribution in [2.45, 2.75) is 32.4 Å². The molecule has 2 atom stereocenters. The van der Waals surface area contributed by atoms with Gasteiger partial charge in [-0.05, 0) is 55.7 Å². The maximum atomic E-state index is 12.6. The van der Waals surface area contributed by atoms with Crippen molar-refractivity contribution in [2.75, 3.05) is 16.8 Å². The highest BCUT2D eigenvalue weighted by atomic mass is 35.5. The van der Waals surface area contributed by atoms with E-state index in [1.807, 2.05) is 56.3 Å². The number of cyclic esters (lactones) is 1. The Morgan fingerprint density at radius 1 is 1.24 bits per heavy atom. The summed E-state index contributed by atoms with van der Waals surface area (Å²) in [6.45, 7) is 4.06. The molecule has 4 rings (SSSR count). The molecule has 0 unspecified atom stereocenters. The SMILES string of the molecule is Cc1cc([C@@H](C)Nc2ccc(Cl)nc2C(=O)O)nc(N2C(=O)OC[C@@H]2Cc2ccccc2)c1. The lowest BCUT2D eigenvalue weighted by molar-refractivity contribution is 0.0691. The molecule has 1 aliphatic rings. The molecule has 3 aromatic rings. The van der Waals surface area contributed by atoms with E-state index in [-0.39, 0.29) is 29.5 Å². The van der Waals surface area contributed by atoms with E-state index in [1.54, 1.807) is 11.0 Å². The van der Waals surface area contributed by atoms with Crippen molar-refractivity contribution in [1.82, 2.24) is 9.97 Å². The predicted molar refractivity (Wildman–Crippen MR) is 125 cm³/mol. The summed E-state index contributed by atoms with van der Waals surface area (Å²) < 4.78 is 5.34. The number of carbonyl (C=O) groups excluding carboxylic acids is 1. The van der Waals surface area contributed by atoms with Gasteiger partial charge in [-0.25, -0.2) is 19.6 Å². The number of hydrogen-bond donors (Lipinski definition) is 2. The second-order valence-electron chi connectivity index (χ2n) is 7.92. The van der Waals surface area contributed by atoms with Crippen LogP contribution in [0.4, 0.5) is 16.3 Å². The molecule has 9 heteroatoms.